The van der Waals surface area contributed by atoms with Crippen LogP contribution in [0.1, 0.15) is 17.7 Å². The average molecular weight is 509 g/mol. The number of rotatable bonds is 7. The lowest BCUT2D eigenvalue weighted by molar-refractivity contribution is -0.122. The summed E-state index contributed by atoms with van der Waals surface area (Å²) in [6.07, 6.45) is 1.73. The van der Waals surface area contributed by atoms with E-state index in [1.54, 1.807) is 31.8 Å². The van der Waals surface area contributed by atoms with Gasteiger partial charge in [-0.2, -0.15) is 0 Å². The molecule has 0 saturated carbocycles. The van der Waals surface area contributed by atoms with Crippen LogP contribution >= 0.6 is 24.0 Å². The first-order chi connectivity index (χ1) is 16.8. The highest BCUT2D eigenvalue weighted by molar-refractivity contribution is 8.26. The van der Waals surface area contributed by atoms with Crippen molar-refractivity contribution >= 4 is 51.9 Å². The normalized spacial score (nSPS) is 14.6. The maximum absolute atomic E-state index is 13.0. The minimum atomic E-state index is -0.376. The molecule has 4 rings (SSSR count). The van der Waals surface area contributed by atoms with Crippen LogP contribution in [0.25, 0.3) is 11.8 Å². The number of anilines is 1. The van der Waals surface area contributed by atoms with Gasteiger partial charge in [-0.15, -0.1) is 0 Å². The van der Waals surface area contributed by atoms with Gasteiger partial charge >= 0.3 is 0 Å². The van der Waals surface area contributed by atoms with Gasteiger partial charge in [-0.3, -0.25) is 24.0 Å². The Hall–Kier alpha value is -3.63. The highest BCUT2D eigenvalue weighted by atomic mass is 32.2. The van der Waals surface area contributed by atoms with Crippen molar-refractivity contribution in [2.24, 2.45) is 7.05 Å². The fourth-order valence-corrected chi connectivity index (χ4v) is 5.05. The van der Waals surface area contributed by atoms with Crippen LogP contribution in [0, 0.1) is 6.92 Å². The summed E-state index contributed by atoms with van der Waals surface area (Å²) in [6, 6.07) is 16.6. The van der Waals surface area contributed by atoms with Crippen molar-refractivity contribution < 1.29 is 14.3 Å². The number of ether oxygens (including phenoxy) is 1. The fourth-order valence-electron chi connectivity index (χ4n) is 3.75. The van der Waals surface area contributed by atoms with Crippen molar-refractivity contribution in [2.45, 2.75) is 13.3 Å². The van der Waals surface area contributed by atoms with E-state index in [9.17, 15) is 14.4 Å². The quantitative estimate of drug-likeness (QED) is 0.387. The van der Waals surface area contributed by atoms with Gasteiger partial charge in [0.05, 0.1) is 23.4 Å². The first kappa shape index (κ1) is 24.5. The van der Waals surface area contributed by atoms with Crippen molar-refractivity contribution in [1.29, 1.82) is 0 Å². The molecule has 2 aromatic carbocycles. The number of thioether (sulfide) groups is 1. The summed E-state index contributed by atoms with van der Waals surface area (Å²) in [5.74, 6) is 0.0105. The molecule has 35 heavy (non-hydrogen) atoms. The molecule has 1 aromatic heterocycles. The number of nitrogens with one attached hydrogen (secondary N) is 1. The average Bonchev–Trinajstić information content (AvgIpc) is 3.24. The molecule has 1 fully saturated rings. The second kappa shape index (κ2) is 10.3. The standard InChI is InChI=1S/C25H24N4O4S2/c1-16-22(24(32)29(27(16)2)18-10-5-4-6-11-18)26-21(30)13-14-28-23(31)20(35-25(28)34)15-17-9-7-8-12-19(17)33-3/h4-12,15H,13-14H2,1-3H3,(H,26,30)/b20-15+. The smallest absolute Gasteiger partial charge is 0.295 e. The molecule has 3 aromatic rings. The van der Waals surface area contributed by atoms with E-state index in [1.165, 1.54) is 21.3 Å². The first-order valence-corrected chi connectivity index (χ1v) is 12.1. The zero-order valence-corrected chi connectivity index (χ0v) is 21.1. The van der Waals surface area contributed by atoms with Crippen LogP contribution in [0.4, 0.5) is 5.69 Å². The Morgan fingerprint density at radius 2 is 1.80 bits per heavy atom. The summed E-state index contributed by atoms with van der Waals surface area (Å²) in [5, 5.41) is 2.72. The maximum Gasteiger partial charge on any atom is 0.295 e. The monoisotopic (exact) mass is 508 g/mol. The van der Waals surface area contributed by atoms with Crippen LogP contribution in [-0.4, -0.2) is 44.1 Å². The number of methoxy groups -OCH3 is 1. The molecule has 10 heteroatoms. The van der Waals surface area contributed by atoms with Gasteiger partial charge in [0.2, 0.25) is 5.91 Å². The van der Waals surface area contributed by atoms with Crippen LogP contribution in [0.15, 0.2) is 64.3 Å². The van der Waals surface area contributed by atoms with Crippen LogP contribution in [0.2, 0.25) is 0 Å². The molecule has 1 aliphatic heterocycles. The van der Waals surface area contributed by atoms with Crippen molar-refractivity contribution in [3.8, 4) is 11.4 Å². The molecule has 0 spiro atoms. The summed E-state index contributed by atoms with van der Waals surface area (Å²) in [4.78, 5) is 40.5. The molecule has 0 aliphatic carbocycles. The third-order valence-electron chi connectivity index (χ3n) is 5.68. The Balaban J connectivity index is 1.45. The molecule has 1 saturated heterocycles. The lowest BCUT2D eigenvalue weighted by atomic mass is 10.2. The highest BCUT2D eigenvalue weighted by Gasteiger charge is 2.32. The predicted molar refractivity (Wildman–Crippen MR) is 142 cm³/mol. The van der Waals surface area contributed by atoms with Crippen molar-refractivity contribution in [3.05, 3.63) is 81.1 Å². The van der Waals surface area contributed by atoms with Gasteiger partial charge in [-0.1, -0.05) is 60.4 Å². The largest absolute Gasteiger partial charge is 0.496 e. The molecular formula is C25H24N4O4S2. The molecule has 2 amide bonds. The van der Waals surface area contributed by atoms with Gasteiger partial charge < -0.3 is 10.1 Å². The summed E-state index contributed by atoms with van der Waals surface area (Å²) in [6.45, 7) is 1.87. The van der Waals surface area contributed by atoms with Crippen LogP contribution in [-0.2, 0) is 16.6 Å². The lowest BCUT2D eigenvalue weighted by Gasteiger charge is -2.14. The second-order valence-corrected chi connectivity index (χ2v) is 9.49. The SMILES string of the molecule is COc1ccccc1/C=C1/SC(=S)N(CCC(=O)Nc2c(C)n(C)n(-c3ccccc3)c2=O)C1=O. The van der Waals surface area contributed by atoms with Crippen LogP contribution < -0.4 is 15.6 Å². The number of nitrogens with zero attached hydrogens (tertiary/aromatic N) is 3. The van der Waals surface area contributed by atoms with E-state index >= 15 is 0 Å². The number of thiocarbonyl (C=S) groups is 1. The highest BCUT2D eigenvalue weighted by Crippen LogP contribution is 2.34. The van der Waals surface area contributed by atoms with Gasteiger partial charge in [0, 0.05) is 25.6 Å². The predicted octanol–water partition coefficient (Wildman–Crippen LogP) is 3.72. The molecule has 180 valence electrons. The summed E-state index contributed by atoms with van der Waals surface area (Å²) in [5.41, 5.74) is 1.97. The Morgan fingerprint density at radius 3 is 2.51 bits per heavy atom. The third kappa shape index (κ3) is 4.94. The topological polar surface area (TPSA) is 85.6 Å². The fraction of sp³-hybridized carbons (Fsp3) is 0.200. The van der Waals surface area contributed by atoms with E-state index < -0.39 is 0 Å². The summed E-state index contributed by atoms with van der Waals surface area (Å²) < 4.78 is 8.91. The zero-order valence-electron chi connectivity index (χ0n) is 19.5. The molecule has 0 radical (unpaired) electrons. The van der Waals surface area contributed by atoms with Crippen molar-refractivity contribution in [3.63, 3.8) is 0 Å². The zero-order chi connectivity index (χ0) is 25.1. The van der Waals surface area contributed by atoms with Gasteiger partial charge in [0.1, 0.15) is 15.8 Å². The van der Waals surface area contributed by atoms with Crippen LogP contribution in [0.3, 0.4) is 0 Å². The molecular weight excluding hydrogens is 484 g/mol. The minimum Gasteiger partial charge on any atom is -0.496 e. The number of hydrogen-bond acceptors (Lipinski definition) is 6. The van der Waals surface area contributed by atoms with Crippen LogP contribution in [0.5, 0.6) is 5.75 Å². The molecule has 0 bridgehead atoms. The van der Waals surface area contributed by atoms with E-state index in [0.29, 0.717) is 26.4 Å². The second-order valence-electron chi connectivity index (χ2n) is 7.81. The maximum atomic E-state index is 13.0. The number of hydrogen-bond donors (Lipinski definition) is 1. The van der Waals surface area contributed by atoms with E-state index in [1.807, 2.05) is 54.6 Å². The molecule has 1 N–H and O–H groups in total. The Labute approximate surface area is 212 Å². The molecule has 0 unspecified atom stereocenters. The summed E-state index contributed by atoms with van der Waals surface area (Å²) >= 11 is 6.56. The van der Waals surface area contributed by atoms with Gasteiger partial charge in [0.15, 0.2) is 0 Å². The molecule has 0 atom stereocenters. The van der Waals surface area contributed by atoms with E-state index in [-0.39, 0.29) is 36.0 Å². The third-order valence-corrected chi connectivity index (χ3v) is 7.06. The molecule has 2 heterocycles. The van der Waals surface area contributed by atoms with Gasteiger partial charge in [-0.05, 0) is 31.2 Å². The van der Waals surface area contributed by atoms with E-state index in [4.69, 9.17) is 17.0 Å². The number of carbonyl (C=O) groups excluding carboxylic acids is 2. The number of carbonyl (C=O) groups is 2. The number of para-hydroxylation sites is 2. The van der Waals surface area contributed by atoms with Crippen molar-refractivity contribution in [1.82, 2.24) is 14.3 Å². The Bertz CT molecular complexity index is 1390. The molecule has 8 nitrogen and oxygen atoms in total. The van der Waals surface area contributed by atoms with Crippen molar-refractivity contribution in [2.75, 3.05) is 19.0 Å². The number of benzene rings is 2. The number of aromatic nitrogens is 2. The number of amides is 2. The molecule has 1 aliphatic rings. The van der Waals surface area contributed by atoms with E-state index in [0.717, 1.165) is 5.56 Å². The van der Waals surface area contributed by atoms with Gasteiger partial charge in [-0.25, -0.2) is 4.68 Å². The Morgan fingerprint density at radius 1 is 1.11 bits per heavy atom. The Kier molecular flexibility index (Phi) is 7.23. The lowest BCUT2D eigenvalue weighted by Crippen LogP contribution is -2.32. The minimum absolute atomic E-state index is 0.00646. The van der Waals surface area contributed by atoms with Gasteiger partial charge in [0.25, 0.3) is 11.5 Å². The summed E-state index contributed by atoms with van der Waals surface area (Å²) in [7, 11) is 3.33. The van der Waals surface area contributed by atoms with E-state index in [2.05, 4.69) is 5.32 Å². The first-order valence-electron chi connectivity index (χ1n) is 10.8.